The van der Waals surface area contributed by atoms with E-state index in [2.05, 4.69) is 4.98 Å². The monoisotopic (exact) mass is 314 g/mol. The number of nitrogens with zero attached hydrogens (tertiary/aromatic N) is 1. The lowest BCUT2D eigenvalue weighted by Crippen LogP contribution is -2.11. The van der Waals surface area contributed by atoms with Gasteiger partial charge in [-0.3, -0.25) is 0 Å². The summed E-state index contributed by atoms with van der Waals surface area (Å²) in [6, 6.07) is 2.13. The van der Waals surface area contributed by atoms with Crippen LogP contribution in [0.4, 0.5) is 13.2 Å². The fraction of sp³-hybridized carbons (Fsp3) is 0.500. The van der Waals surface area contributed by atoms with E-state index in [1.165, 1.54) is 6.07 Å². The quantitative estimate of drug-likeness (QED) is 0.837. The molecule has 0 unspecified atom stereocenters. The second kappa shape index (κ2) is 6.10. The fourth-order valence-corrected chi connectivity index (χ4v) is 3.43. The van der Waals surface area contributed by atoms with E-state index < -0.39 is 21.7 Å². The third-order valence-corrected chi connectivity index (χ3v) is 4.38. The Bertz CT molecular complexity index is 544. The van der Waals surface area contributed by atoms with Crippen LogP contribution in [0, 0.1) is 0 Å². The van der Waals surface area contributed by atoms with Crippen molar-refractivity contribution in [2.24, 2.45) is 5.73 Å². The topological polar surface area (TPSA) is 73.0 Å². The first-order valence-corrected chi connectivity index (χ1v) is 8.26. The first-order valence-electron chi connectivity index (χ1n) is 5.21. The molecular weight excluding hydrogens is 301 g/mol. The second-order valence-electron chi connectivity index (χ2n) is 3.84. The molecule has 1 aromatic heterocycles. The van der Waals surface area contributed by atoms with Gasteiger partial charge < -0.3 is 5.73 Å². The maximum absolute atomic E-state index is 12.5. The van der Waals surface area contributed by atoms with E-state index in [9.17, 15) is 21.6 Å². The maximum Gasteiger partial charge on any atom is 0.433 e. The SMILES string of the molecule is CS(=O)(=O)CCSc1nc(C(F)(F)F)ccc1CN. The lowest BCUT2D eigenvalue weighted by Gasteiger charge is -2.11. The Morgan fingerprint density at radius 3 is 2.47 bits per heavy atom. The maximum atomic E-state index is 12.5. The zero-order valence-electron chi connectivity index (χ0n) is 10.1. The lowest BCUT2D eigenvalue weighted by molar-refractivity contribution is -0.141. The summed E-state index contributed by atoms with van der Waals surface area (Å²) >= 11 is 0.958. The van der Waals surface area contributed by atoms with Crippen LogP contribution in [0.1, 0.15) is 11.3 Å². The van der Waals surface area contributed by atoms with Gasteiger partial charge in [0.1, 0.15) is 20.6 Å². The number of sulfone groups is 1. The van der Waals surface area contributed by atoms with E-state index in [-0.39, 0.29) is 23.1 Å². The van der Waals surface area contributed by atoms with Crippen molar-refractivity contribution < 1.29 is 21.6 Å². The molecule has 9 heteroatoms. The van der Waals surface area contributed by atoms with Crippen LogP contribution < -0.4 is 5.73 Å². The molecule has 0 fully saturated rings. The molecule has 0 aromatic carbocycles. The minimum atomic E-state index is -4.53. The highest BCUT2D eigenvalue weighted by atomic mass is 32.2. The minimum absolute atomic E-state index is 0.0480. The molecule has 0 aliphatic heterocycles. The van der Waals surface area contributed by atoms with Crippen LogP contribution in [-0.4, -0.2) is 31.2 Å². The largest absolute Gasteiger partial charge is 0.433 e. The van der Waals surface area contributed by atoms with Gasteiger partial charge in [0.05, 0.1) is 5.75 Å². The van der Waals surface area contributed by atoms with E-state index in [0.717, 1.165) is 24.1 Å². The molecule has 0 radical (unpaired) electrons. The average Bonchev–Trinajstić information content (AvgIpc) is 2.26. The van der Waals surface area contributed by atoms with E-state index >= 15 is 0 Å². The Kier molecular flexibility index (Phi) is 5.22. The standard InChI is InChI=1S/C10H13F3N2O2S2/c1-19(16,17)5-4-18-9-7(6-14)2-3-8(15-9)10(11,12)13/h2-3H,4-6,14H2,1H3. The molecule has 0 aliphatic rings. The summed E-state index contributed by atoms with van der Waals surface area (Å²) in [5.74, 6) is 0.0136. The fourth-order valence-electron chi connectivity index (χ4n) is 1.20. The van der Waals surface area contributed by atoms with Crippen molar-refractivity contribution in [2.45, 2.75) is 17.7 Å². The molecule has 19 heavy (non-hydrogen) atoms. The molecule has 0 amide bonds. The van der Waals surface area contributed by atoms with Gasteiger partial charge in [-0.15, -0.1) is 11.8 Å². The minimum Gasteiger partial charge on any atom is -0.326 e. The van der Waals surface area contributed by atoms with Gasteiger partial charge in [-0.25, -0.2) is 13.4 Å². The van der Waals surface area contributed by atoms with Gasteiger partial charge in [-0.2, -0.15) is 13.2 Å². The highest BCUT2D eigenvalue weighted by Crippen LogP contribution is 2.30. The normalized spacial score (nSPS) is 12.7. The van der Waals surface area contributed by atoms with E-state index in [4.69, 9.17) is 5.73 Å². The number of alkyl halides is 3. The van der Waals surface area contributed by atoms with Gasteiger partial charge >= 0.3 is 6.18 Å². The Morgan fingerprint density at radius 1 is 1.37 bits per heavy atom. The van der Waals surface area contributed by atoms with Crippen molar-refractivity contribution in [3.63, 3.8) is 0 Å². The van der Waals surface area contributed by atoms with Crippen LogP contribution in [0.5, 0.6) is 0 Å². The van der Waals surface area contributed by atoms with Crippen molar-refractivity contribution >= 4 is 21.6 Å². The van der Waals surface area contributed by atoms with E-state index in [1.807, 2.05) is 0 Å². The molecule has 0 saturated carbocycles. The molecule has 4 nitrogen and oxygen atoms in total. The van der Waals surface area contributed by atoms with Gasteiger partial charge in [0.15, 0.2) is 0 Å². The molecule has 0 saturated heterocycles. The molecule has 0 aliphatic carbocycles. The number of nitrogens with two attached hydrogens (primary N) is 1. The number of rotatable bonds is 5. The average molecular weight is 314 g/mol. The lowest BCUT2D eigenvalue weighted by atomic mass is 10.2. The summed E-state index contributed by atoms with van der Waals surface area (Å²) in [5, 5.41) is 0.126. The summed E-state index contributed by atoms with van der Waals surface area (Å²) in [6.45, 7) is 0.0480. The van der Waals surface area contributed by atoms with Gasteiger partial charge in [-0.05, 0) is 11.6 Å². The molecule has 108 valence electrons. The smallest absolute Gasteiger partial charge is 0.326 e. The van der Waals surface area contributed by atoms with E-state index in [1.54, 1.807) is 0 Å². The Balaban J connectivity index is 2.91. The number of thioether (sulfide) groups is 1. The summed E-state index contributed by atoms with van der Waals surface area (Å²) in [5.41, 5.74) is 4.87. The first kappa shape index (κ1) is 16.3. The summed E-state index contributed by atoms with van der Waals surface area (Å²) in [7, 11) is -3.15. The van der Waals surface area contributed by atoms with E-state index in [0.29, 0.717) is 5.56 Å². The molecule has 1 rings (SSSR count). The zero-order chi connectivity index (χ0) is 14.7. The molecule has 1 aromatic rings. The summed E-state index contributed by atoms with van der Waals surface area (Å²) in [6.07, 6.45) is -3.46. The number of aromatic nitrogens is 1. The van der Waals surface area contributed by atoms with Crippen molar-refractivity contribution in [3.8, 4) is 0 Å². The van der Waals surface area contributed by atoms with Crippen LogP contribution in [-0.2, 0) is 22.6 Å². The van der Waals surface area contributed by atoms with Crippen LogP contribution >= 0.6 is 11.8 Å². The highest BCUT2D eigenvalue weighted by Gasteiger charge is 2.33. The van der Waals surface area contributed by atoms with Crippen LogP contribution in [0.15, 0.2) is 17.2 Å². The van der Waals surface area contributed by atoms with Crippen LogP contribution in [0.25, 0.3) is 0 Å². The number of hydrogen-bond donors (Lipinski definition) is 1. The number of pyridine rings is 1. The number of halogens is 3. The van der Waals surface area contributed by atoms with Crippen LogP contribution in [0.3, 0.4) is 0 Å². The van der Waals surface area contributed by atoms with Gasteiger partial charge in [-0.1, -0.05) is 6.07 Å². The Hall–Kier alpha value is -0.800. The van der Waals surface area contributed by atoms with Gasteiger partial charge in [0.25, 0.3) is 0 Å². The van der Waals surface area contributed by atoms with Crippen molar-refractivity contribution in [3.05, 3.63) is 23.4 Å². The predicted octanol–water partition coefficient (Wildman–Crippen LogP) is 1.70. The third kappa shape index (κ3) is 5.37. The molecule has 2 N–H and O–H groups in total. The third-order valence-electron chi connectivity index (χ3n) is 2.14. The number of hydrogen-bond acceptors (Lipinski definition) is 5. The van der Waals surface area contributed by atoms with Gasteiger partial charge in [0, 0.05) is 18.6 Å². The zero-order valence-corrected chi connectivity index (χ0v) is 11.7. The van der Waals surface area contributed by atoms with Gasteiger partial charge in [0.2, 0.25) is 0 Å². The van der Waals surface area contributed by atoms with Crippen LogP contribution in [0.2, 0.25) is 0 Å². The Morgan fingerprint density at radius 2 is 2.00 bits per heavy atom. The first-order chi connectivity index (χ1) is 8.63. The second-order valence-corrected chi connectivity index (χ2v) is 7.18. The summed E-state index contributed by atoms with van der Waals surface area (Å²) in [4.78, 5) is 3.50. The molecule has 0 spiro atoms. The molecule has 1 heterocycles. The highest BCUT2D eigenvalue weighted by molar-refractivity contribution is 8.00. The Labute approximate surface area is 113 Å². The molecule has 0 bridgehead atoms. The predicted molar refractivity (Wildman–Crippen MR) is 67.6 cm³/mol. The summed E-state index contributed by atoms with van der Waals surface area (Å²) < 4.78 is 59.5. The van der Waals surface area contributed by atoms with Crippen molar-refractivity contribution in [1.82, 2.24) is 4.98 Å². The van der Waals surface area contributed by atoms with Crippen molar-refractivity contribution in [1.29, 1.82) is 0 Å². The van der Waals surface area contributed by atoms with Crippen molar-refractivity contribution in [2.75, 3.05) is 17.8 Å². The molecule has 0 atom stereocenters. The molecular formula is C10H13F3N2O2S2.